The molecule has 0 aliphatic rings. The maximum atomic E-state index is 10.9. The molecule has 6 heteroatoms. The smallest absolute Gasteiger partial charge is 0.213 e. The minimum atomic E-state index is -1.78. The largest absolute Gasteiger partial charge is 0.493 e. The summed E-state index contributed by atoms with van der Waals surface area (Å²) in [6.45, 7) is 21.0. The van der Waals surface area contributed by atoms with Gasteiger partial charge in [0.25, 0.3) is 0 Å². The summed E-state index contributed by atoms with van der Waals surface area (Å²) in [6, 6.07) is 14.0. The monoisotopic (exact) mass is 533 g/mol. The highest BCUT2D eigenvalue weighted by Gasteiger charge is 2.38. The fourth-order valence-electron chi connectivity index (χ4n) is 4.32. The van der Waals surface area contributed by atoms with Crippen LogP contribution in [-0.2, 0) is 11.0 Å². The molecule has 0 spiro atoms. The van der Waals surface area contributed by atoms with E-state index in [0.717, 1.165) is 24.0 Å². The lowest BCUT2D eigenvalue weighted by Crippen LogP contribution is -2.43. The van der Waals surface area contributed by atoms with Crippen LogP contribution in [-0.4, -0.2) is 32.3 Å². The summed E-state index contributed by atoms with van der Waals surface area (Å²) in [5.74, 6) is 1.39. The molecule has 0 fully saturated rings. The van der Waals surface area contributed by atoms with Crippen molar-refractivity contribution in [2.45, 2.75) is 85.7 Å². The van der Waals surface area contributed by atoms with Gasteiger partial charge in [0.05, 0.1) is 6.61 Å². The van der Waals surface area contributed by atoms with Crippen LogP contribution in [0.25, 0.3) is 11.1 Å². The van der Waals surface area contributed by atoms with Crippen LogP contribution in [0.5, 0.6) is 11.6 Å². The Morgan fingerprint density at radius 2 is 1.68 bits per heavy atom. The molecule has 5 nitrogen and oxygen atoms in total. The topological polar surface area (TPSA) is 57.7 Å². The Morgan fingerprint density at radius 1 is 1.00 bits per heavy atom. The Hall–Kier alpha value is -2.96. The van der Waals surface area contributed by atoms with Gasteiger partial charge in [0, 0.05) is 30.4 Å². The van der Waals surface area contributed by atoms with Crippen molar-refractivity contribution in [2.24, 2.45) is 0 Å². The molecule has 0 unspecified atom stereocenters. The molecule has 0 amide bonds. The zero-order valence-corrected chi connectivity index (χ0v) is 25.5. The first-order chi connectivity index (χ1) is 17.8. The van der Waals surface area contributed by atoms with Gasteiger partial charge in [0.1, 0.15) is 12.4 Å². The molecule has 204 valence electrons. The van der Waals surface area contributed by atoms with Gasteiger partial charge in [0.2, 0.25) is 5.88 Å². The van der Waals surface area contributed by atoms with Crippen molar-refractivity contribution in [3.63, 3.8) is 0 Å². The second-order valence-corrected chi connectivity index (χ2v) is 16.4. The number of aryl methyl sites for hydroxylation is 2. The molecule has 0 saturated heterocycles. The molecule has 0 saturated carbocycles. The molecule has 3 rings (SSSR count). The number of nitrogens with zero attached hydrogens (tertiary/aromatic N) is 1. The van der Waals surface area contributed by atoms with E-state index in [0.29, 0.717) is 24.7 Å². The number of aromatic nitrogens is 1. The number of ether oxygens (including phenoxy) is 2. The molecule has 1 heterocycles. The first-order valence-corrected chi connectivity index (χ1v) is 16.3. The molecule has 1 atom stereocenters. The number of carbonyl (C=O) groups excluding carboxylic acids is 1. The lowest BCUT2D eigenvalue weighted by Gasteiger charge is -2.38. The number of rotatable bonds is 11. The third-order valence-corrected chi connectivity index (χ3v) is 12.2. The van der Waals surface area contributed by atoms with Gasteiger partial charge < -0.3 is 13.9 Å². The van der Waals surface area contributed by atoms with E-state index in [2.05, 4.69) is 96.9 Å². The first-order valence-electron chi connectivity index (χ1n) is 13.4. The average Bonchev–Trinajstić information content (AvgIpc) is 2.83. The Bertz CT molecular complexity index is 1220. The van der Waals surface area contributed by atoms with E-state index in [4.69, 9.17) is 13.9 Å². The van der Waals surface area contributed by atoms with E-state index in [9.17, 15) is 4.79 Å². The quantitative estimate of drug-likeness (QED) is 0.183. The summed E-state index contributed by atoms with van der Waals surface area (Å²) < 4.78 is 18.6. The fourth-order valence-corrected chi connectivity index (χ4v) is 5.80. The van der Waals surface area contributed by atoms with Crippen molar-refractivity contribution in [3.8, 4) is 22.8 Å². The van der Waals surface area contributed by atoms with E-state index in [1.54, 1.807) is 12.1 Å². The molecule has 0 N–H and O–H groups in total. The lowest BCUT2D eigenvalue weighted by atomic mass is 9.90. The van der Waals surface area contributed by atoms with Crippen molar-refractivity contribution in [1.29, 1.82) is 0 Å². The number of carbonyl (C=O) groups is 1. The predicted octanol–water partition coefficient (Wildman–Crippen LogP) is 8.24. The standard InChI is InChI=1S/C32H43NO4Si/c1-22-17-28(35-16-15-24(3)37-38(8,9)32(5,6)7)18-23(2)31(22)29-12-10-11-27(25(29)4)21-36-30-14-13-26(20-34)19-33-30/h10-14,17-20,24H,15-16,21H2,1-9H3/t24-/m1/s1. The third kappa shape index (κ3) is 7.33. The summed E-state index contributed by atoms with van der Waals surface area (Å²) in [5.41, 5.74) is 7.57. The minimum absolute atomic E-state index is 0.170. The molecule has 3 aromatic rings. The van der Waals surface area contributed by atoms with Gasteiger partial charge in [-0.3, -0.25) is 4.79 Å². The van der Waals surface area contributed by atoms with Gasteiger partial charge in [-0.1, -0.05) is 39.0 Å². The number of hydrogen-bond acceptors (Lipinski definition) is 5. The van der Waals surface area contributed by atoms with Crippen LogP contribution >= 0.6 is 0 Å². The summed E-state index contributed by atoms with van der Waals surface area (Å²) in [4.78, 5) is 15.1. The van der Waals surface area contributed by atoms with Gasteiger partial charge in [0.15, 0.2) is 14.6 Å². The van der Waals surface area contributed by atoms with E-state index < -0.39 is 8.32 Å². The average molecular weight is 534 g/mol. The molecule has 1 aromatic heterocycles. The summed E-state index contributed by atoms with van der Waals surface area (Å²) in [6.07, 6.45) is 3.32. The zero-order chi connectivity index (χ0) is 28.1. The van der Waals surface area contributed by atoms with Crippen molar-refractivity contribution in [2.75, 3.05) is 6.61 Å². The summed E-state index contributed by atoms with van der Waals surface area (Å²) in [7, 11) is -1.78. The highest BCUT2D eigenvalue weighted by molar-refractivity contribution is 6.74. The van der Waals surface area contributed by atoms with E-state index >= 15 is 0 Å². The Labute approximate surface area is 229 Å². The van der Waals surface area contributed by atoms with Gasteiger partial charge in [-0.2, -0.15) is 0 Å². The third-order valence-electron chi connectivity index (χ3n) is 7.59. The lowest BCUT2D eigenvalue weighted by molar-refractivity contribution is 0.112. The highest BCUT2D eigenvalue weighted by atomic mass is 28.4. The summed E-state index contributed by atoms with van der Waals surface area (Å²) >= 11 is 0. The van der Waals surface area contributed by atoms with Gasteiger partial charge in [-0.05, 0) is 97.4 Å². The predicted molar refractivity (Wildman–Crippen MR) is 158 cm³/mol. The molecule has 0 aliphatic carbocycles. The number of pyridine rings is 1. The van der Waals surface area contributed by atoms with E-state index in [-0.39, 0.29) is 11.1 Å². The molecule has 0 bridgehead atoms. The molecule has 0 radical (unpaired) electrons. The fraction of sp³-hybridized carbons (Fsp3) is 0.438. The van der Waals surface area contributed by atoms with Gasteiger partial charge in [-0.15, -0.1) is 0 Å². The molecule has 2 aromatic carbocycles. The van der Waals surface area contributed by atoms with Gasteiger partial charge in [-0.25, -0.2) is 4.98 Å². The number of hydrogen-bond donors (Lipinski definition) is 0. The number of aldehydes is 1. The zero-order valence-electron chi connectivity index (χ0n) is 24.5. The van der Waals surface area contributed by atoms with Crippen molar-refractivity contribution >= 4 is 14.6 Å². The Morgan fingerprint density at radius 3 is 2.26 bits per heavy atom. The van der Waals surface area contributed by atoms with Crippen LogP contribution in [0.15, 0.2) is 48.7 Å². The second kappa shape index (κ2) is 12.3. The SMILES string of the molecule is Cc1cc(OCC[C@@H](C)O[Si](C)(C)C(C)(C)C)cc(C)c1-c1cccc(COc2ccc(C=O)cn2)c1C. The maximum absolute atomic E-state index is 10.9. The van der Waals surface area contributed by atoms with Crippen molar-refractivity contribution in [1.82, 2.24) is 4.98 Å². The van der Waals surface area contributed by atoms with Crippen LogP contribution in [0.4, 0.5) is 0 Å². The molecular formula is C32H43NO4Si. The summed E-state index contributed by atoms with van der Waals surface area (Å²) in [5, 5.41) is 0.202. The van der Waals surface area contributed by atoms with E-state index in [1.807, 2.05) is 0 Å². The second-order valence-electron chi connectivity index (χ2n) is 11.7. The van der Waals surface area contributed by atoms with Crippen molar-refractivity contribution < 1.29 is 18.7 Å². The van der Waals surface area contributed by atoms with Crippen LogP contribution < -0.4 is 9.47 Å². The van der Waals surface area contributed by atoms with Gasteiger partial charge >= 0.3 is 0 Å². The van der Waals surface area contributed by atoms with Crippen LogP contribution in [0.2, 0.25) is 18.1 Å². The Kier molecular flexibility index (Phi) is 9.55. The molecule has 0 aliphatic heterocycles. The van der Waals surface area contributed by atoms with Crippen molar-refractivity contribution in [3.05, 3.63) is 76.5 Å². The highest BCUT2D eigenvalue weighted by Crippen LogP contribution is 2.38. The van der Waals surface area contributed by atoms with Crippen LogP contribution in [0.3, 0.4) is 0 Å². The Balaban J connectivity index is 1.68. The van der Waals surface area contributed by atoms with E-state index in [1.165, 1.54) is 34.0 Å². The molecular weight excluding hydrogens is 490 g/mol. The van der Waals surface area contributed by atoms with Crippen LogP contribution in [0.1, 0.15) is 66.7 Å². The normalized spacial score (nSPS) is 12.8. The first kappa shape index (κ1) is 29.6. The minimum Gasteiger partial charge on any atom is -0.493 e. The maximum Gasteiger partial charge on any atom is 0.213 e. The van der Waals surface area contributed by atoms with Crippen LogP contribution in [0, 0.1) is 20.8 Å². The number of benzene rings is 2. The molecule has 38 heavy (non-hydrogen) atoms.